The van der Waals surface area contributed by atoms with Crippen LogP contribution >= 0.6 is 11.6 Å². The third-order valence-electron chi connectivity index (χ3n) is 4.50. The fraction of sp³-hybridized carbons (Fsp3) is 0.0500. The Labute approximate surface area is 175 Å². The molecule has 0 aliphatic rings. The van der Waals surface area contributed by atoms with Crippen molar-refractivity contribution in [2.45, 2.75) is 10.6 Å². The number of nitrogens with zero attached hydrogens (tertiary/aromatic N) is 3. The topological polar surface area (TPSA) is 94.6 Å². The highest BCUT2D eigenvalue weighted by molar-refractivity contribution is 7.90. The Kier molecular flexibility index (Phi) is 5.00. The molecule has 0 radical (unpaired) electrons. The Morgan fingerprint density at radius 2 is 1.73 bits per heavy atom. The molecule has 4 aromatic rings. The lowest BCUT2D eigenvalue weighted by Gasteiger charge is -2.04. The monoisotopic (exact) mass is 445 g/mol. The first-order chi connectivity index (χ1) is 14.3. The smallest absolute Gasteiger partial charge is 0.352 e. The van der Waals surface area contributed by atoms with Crippen molar-refractivity contribution in [3.8, 4) is 11.1 Å². The maximum Gasteiger partial charge on any atom is 0.352 e. The predicted molar refractivity (Wildman–Crippen MR) is 110 cm³/mol. The number of hydrogen-bond donors (Lipinski definition) is 0. The second-order valence-corrected chi connectivity index (χ2v) is 8.88. The van der Waals surface area contributed by atoms with E-state index in [0.717, 1.165) is 4.40 Å². The van der Waals surface area contributed by atoms with E-state index >= 15 is 0 Å². The van der Waals surface area contributed by atoms with Crippen molar-refractivity contribution in [3.05, 3.63) is 93.5 Å². The normalized spacial score (nSPS) is 11.7. The number of pyridine rings is 1. The molecule has 2 aromatic carbocycles. The Hall–Kier alpha value is -3.30. The van der Waals surface area contributed by atoms with Crippen LogP contribution < -0.4 is 0 Å². The largest absolute Gasteiger partial charge is 0.358 e. The van der Waals surface area contributed by atoms with E-state index in [-0.39, 0.29) is 32.4 Å². The number of aromatic nitrogens is 2. The van der Waals surface area contributed by atoms with Gasteiger partial charge in [-0.25, -0.2) is 17.8 Å². The summed E-state index contributed by atoms with van der Waals surface area (Å²) in [5, 5.41) is 11.9. The second-order valence-electron chi connectivity index (χ2n) is 6.46. The van der Waals surface area contributed by atoms with Crippen LogP contribution in [0.1, 0.15) is 5.69 Å². The number of sulfone groups is 1. The highest BCUT2D eigenvalue weighted by Crippen LogP contribution is 2.34. The minimum Gasteiger partial charge on any atom is -0.358 e. The number of fused-ring (bicyclic) bond motifs is 1. The van der Waals surface area contributed by atoms with Crippen LogP contribution in [0.4, 0.5) is 10.2 Å². The number of benzene rings is 2. The van der Waals surface area contributed by atoms with Crippen LogP contribution in [0, 0.1) is 15.9 Å². The van der Waals surface area contributed by atoms with Gasteiger partial charge in [0.2, 0.25) is 5.65 Å². The van der Waals surface area contributed by atoms with Crippen molar-refractivity contribution >= 4 is 32.9 Å². The molecule has 0 bridgehead atoms. The summed E-state index contributed by atoms with van der Waals surface area (Å²) in [6, 6.07) is 14.9. The molecular weight excluding hydrogens is 433 g/mol. The molecule has 7 nitrogen and oxygen atoms in total. The maximum atomic E-state index is 14.4. The third kappa shape index (κ3) is 3.53. The summed E-state index contributed by atoms with van der Waals surface area (Å²) in [6.07, 6.45) is 1.25. The van der Waals surface area contributed by atoms with Gasteiger partial charge in [-0.15, -0.1) is 0 Å². The van der Waals surface area contributed by atoms with Crippen LogP contribution in [0.15, 0.2) is 71.8 Å². The summed E-state index contributed by atoms with van der Waals surface area (Å²) in [5.41, 5.74) is 0.132. The molecule has 0 saturated carbocycles. The maximum absolute atomic E-state index is 14.4. The van der Waals surface area contributed by atoms with Crippen LogP contribution in [-0.2, 0) is 15.6 Å². The Bertz CT molecular complexity index is 1390. The fourth-order valence-electron chi connectivity index (χ4n) is 3.21. The summed E-state index contributed by atoms with van der Waals surface area (Å²) in [4.78, 5) is 15.3. The van der Waals surface area contributed by atoms with Gasteiger partial charge in [0, 0.05) is 5.56 Å². The van der Waals surface area contributed by atoms with Gasteiger partial charge >= 0.3 is 5.82 Å². The van der Waals surface area contributed by atoms with Gasteiger partial charge in [0.1, 0.15) is 17.8 Å². The van der Waals surface area contributed by atoms with Gasteiger partial charge in [0.05, 0.1) is 15.5 Å². The number of rotatable bonds is 5. The Morgan fingerprint density at radius 3 is 2.40 bits per heavy atom. The van der Waals surface area contributed by atoms with Crippen LogP contribution in [-0.4, -0.2) is 22.7 Å². The zero-order valence-corrected chi connectivity index (χ0v) is 16.8. The molecule has 0 N–H and O–H groups in total. The average Bonchev–Trinajstić information content (AvgIpc) is 3.05. The number of nitro groups is 1. The van der Waals surface area contributed by atoms with Gasteiger partial charge < -0.3 is 10.1 Å². The van der Waals surface area contributed by atoms with Gasteiger partial charge in [-0.05, 0) is 29.2 Å². The van der Waals surface area contributed by atoms with E-state index in [9.17, 15) is 22.9 Å². The quantitative estimate of drug-likeness (QED) is 0.328. The lowest BCUT2D eigenvalue weighted by atomic mass is 10.1. The molecule has 152 valence electrons. The first-order valence-electron chi connectivity index (χ1n) is 8.65. The summed E-state index contributed by atoms with van der Waals surface area (Å²) >= 11 is 6.13. The Morgan fingerprint density at radius 1 is 1.07 bits per heavy atom. The number of hydrogen-bond acceptors (Lipinski definition) is 5. The van der Waals surface area contributed by atoms with Crippen LogP contribution in [0.5, 0.6) is 0 Å². The Balaban J connectivity index is 1.96. The minimum atomic E-state index is -3.90. The highest BCUT2D eigenvalue weighted by Gasteiger charge is 2.30. The third-order valence-corrected chi connectivity index (χ3v) is 6.35. The molecule has 0 aliphatic carbocycles. The molecule has 0 spiro atoms. The van der Waals surface area contributed by atoms with E-state index in [1.54, 1.807) is 24.3 Å². The molecule has 0 atom stereocenters. The SMILES string of the molecule is O=[N+]([O-])c1c(CS(=O)(=O)c2ccccc2)nc2c(-c3ccccc3F)cc(Cl)cn12. The zero-order valence-electron chi connectivity index (χ0n) is 15.2. The van der Waals surface area contributed by atoms with E-state index in [1.165, 1.54) is 42.6 Å². The standard InChI is InChI=1S/C20H13ClFN3O4S/c21-13-10-16(15-8-4-5-9-17(15)22)19-23-18(20(25(26)27)24(19)11-13)12-30(28,29)14-6-2-1-3-7-14/h1-11H,12H2. The molecular formula is C20H13ClFN3O4S. The van der Waals surface area contributed by atoms with Gasteiger partial charge in [-0.1, -0.05) is 48.0 Å². The van der Waals surface area contributed by atoms with E-state index in [0.29, 0.717) is 0 Å². The fourth-order valence-corrected chi connectivity index (χ4v) is 4.70. The van der Waals surface area contributed by atoms with Gasteiger partial charge in [-0.2, -0.15) is 4.40 Å². The summed E-state index contributed by atoms with van der Waals surface area (Å²) in [6.45, 7) is 0. The molecule has 2 heterocycles. The molecule has 0 unspecified atom stereocenters. The van der Waals surface area contributed by atoms with Crippen LogP contribution in [0.2, 0.25) is 5.02 Å². The summed E-state index contributed by atoms with van der Waals surface area (Å²) < 4.78 is 41.0. The predicted octanol–water partition coefficient (Wildman–Crippen LogP) is 4.68. The van der Waals surface area contributed by atoms with E-state index in [4.69, 9.17) is 11.6 Å². The van der Waals surface area contributed by atoms with E-state index in [2.05, 4.69) is 4.98 Å². The molecule has 0 saturated heterocycles. The number of halogens is 2. The van der Waals surface area contributed by atoms with E-state index in [1.807, 2.05) is 0 Å². The van der Waals surface area contributed by atoms with Crippen molar-refractivity contribution in [1.82, 2.24) is 9.38 Å². The van der Waals surface area contributed by atoms with Crippen LogP contribution in [0.3, 0.4) is 0 Å². The van der Waals surface area contributed by atoms with Crippen molar-refractivity contribution in [1.29, 1.82) is 0 Å². The first kappa shape index (κ1) is 20.0. The van der Waals surface area contributed by atoms with Gasteiger partial charge in [0.15, 0.2) is 15.5 Å². The highest BCUT2D eigenvalue weighted by atomic mass is 35.5. The second kappa shape index (κ2) is 7.51. The molecule has 2 aromatic heterocycles. The molecule has 30 heavy (non-hydrogen) atoms. The molecule has 0 aliphatic heterocycles. The molecule has 0 amide bonds. The zero-order chi connectivity index (χ0) is 21.5. The van der Waals surface area contributed by atoms with Gasteiger partial charge in [0.25, 0.3) is 0 Å². The van der Waals surface area contributed by atoms with Crippen molar-refractivity contribution in [2.75, 3.05) is 0 Å². The van der Waals surface area contributed by atoms with Crippen LogP contribution in [0.25, 0.3) is 16.8 Å². The number of imidazole rings is 1. The van der Waals surface area contributed by atoms with Gasteiger partial charge in [-0.3, -0.25) is 0 Å². The average molecular weight is 446 g/mol. The molecule has 4 rings (SSSR count). The minimum absolute atomic E-state index is 0.0173. The van der Waals surface area contributed by atoms with Crippen molar-refractivity contribution < 1.29 is 17.7 Å². The van der Waals surface area contributed by atoms with Crippen molar-refractivity contribution in [3.63, 3.8) is 0 Å². The molecule has 10 heteroatoms. The molecule has 0 fully saturated rings. The summed E-state index contributed by atoms with van der Waals surface area (Å²) in [5.74, 6) is -1.79. The van der Waals surface area contributed by atoms with E-state index < -0.39 is 32.1 Å². The first-order valence-corrected chi connectivity index (χ1v) is 10.7. The summed E-state index contributed by atoms with van der Waals surface area (Å²) in [7, 11) is -3.90. The lowest BCUT2D eigenvalue weighted by Crippen LogP contribution is -2.07. The van der Waals surface area contributed by atoms with Crippen molar-refractivity contribution in [2.24, 2.45) is 0 Å². The lowest BCUT2D eigenvalue weighted by molar-refractivity contribution is -0.391.